The van der Waals surface area contributed by atoms with E-state index in [1.165, 1.54) is 4.57 Å². The Labute approximate surface area is 163 Å². The first-order valence-corrected chi connectivity index (χ1v) is 9.70. The maximum absolute atomic E-state index is 13.2. The molecule has 0 saturated carbocycles. The van der Waals surface area contributed by atoms with Gasteiger partial charge in [0, 0.05) is 38.4 Å². The van der Waals surface area contributed by atoms with Crippen LogP contribution in [-0.4, -0.2) is 62.0 Å². The third-order valence-corrected chi connectivity index (χ3v) is 5.40. The molecular formula is C21H25N5O2. The molecule has 7 nitrogen and oxygen atoms in total. The van der Waals surface area contributed by atoms with Crippen molar-refractivity contribution >= 4 is 17.1 Å². The standard InChI is InChI=1S/C21H25N5O2/c1-16(2)23-11-13-24(14-12-23)19(27)15-25-18-9-6-10-22-20(18)26(21(25)28)17-7-4-3-5-8-17/h3-10,16H,11-15H2,1-2H3. The van der Waals surface area contributed by atoms with Crippen LogP contribution in [-0.2, 0) is 11.3 Å². The van der Waals surface area contributed by atoms with Gasteiger partial charge in [-0.25, -0.2) is 14.3 Å². The maximum atomic E-state index is 13.2. The first kappa shape index (κ1) is 18.4. The van der Waals surface area contributed by atoms with E-state index in [9.17, 15) is 9.59 Å². The van der Waals surface area contributed by atoms with Gasteiger partial charge in [0.25, 0.3) is 0 Å². The lowest BCUT2D eigenvalue weighted by molar-refractivity contribution is -0.133. The molecule has 4 rings (SSSR count). The quantitative estimate of drug-likeness (QED) is 0.693. The van der Waals surface area contributed by atoms with Crippen LogP contribution in [0.1, 0.15) is 13.8 Å². The summed E-state index contributed by atoms with van der Waals surface area (Å²) in [6.07, 6.45) is 1.67. The van der Waals surface area contributed by atoms with Gasteiger partial charge in [-0.3, -0.25) is 14.3 Å². The minimum Gasteiger partial charge on any atom is -0.339 e. The molecule has 1 saturated heterocycles. The normalized spacial score (nSPS) is 15.5. The number of benzene rings is 1. The summed E-state index contributed by atoms with van der Waals surface area (Å²) in [6.45, 7) is 7.49. The van der Waals surface area contributed by atoms with Crippen LogP contribution in [0.3, 0.4) is 0 Å². The first-order chi connectivity index (χ1) is 13.6. The van der Waals surface area contributed by atoms with Crippen molar-refractivity contribution in [2.75, 3.05) is 26.2 Å². The van der Waals surface area contributed by atoms with Gasteiger partial charge < -0.3 is 4.90 Å². The van der Waals surface area contributed by atoms with Gasteiger partial charge in [0.1, 0.15) is 6.54 Å². The molecule has 0 spiro atoms. The Morgan fingerprint density at radius 2 is 1.75 bits per heavy atom. The van der Waals surface area contributed by atoms with Crippen LogP contribution in [0.2, 0.25) is 0 Å². The lowest BCUT2D eigenvalue weighted by atomic mass is 10.2. The summed E-state index contributed by atoms with van der Waals surface area (Å²) in [6, 6.07) is 13.5. The van der Waals surface area contributed by atoms with E-state index < -0.39 is 0 Å². The highest BCUT2D eigenvalue weighted by molar-refractivity contribution is 5.80. The molecule has 0 aliphatic carbocycles. The number of piperazine rings is 1. The second kappa shape index (κ2) is 7.59. The Bertz CT molecular complexity index is 1030. The zero-order valence-electron chi connectivity index (χ0n) is 16.3. The van der Waals surface area contributed by atoms with Gasteiger partial charge in [0.2, 0.25) is 5.91 Å². The molecule has 146 valence electrons. The Kier molecular flexibility index (Phi) is 5.00. The number of pyridine rings is 1. The zero-order chi connectivity index (χ0) is 19.7. The van der Waals surface area contributed by atoms with E-state index in [2.05, 4.69) is 23.7 Å². The fraction of sp³-hybridized carbons (Fsp3) is 0.381. The fourth-order valence-corrected chi connectivity index (χ4v) is 3.77. The summed E-state index contributed by atoms with van der Waals surface area (Å²) in [7, 11) is 0. The third kappa shape index (κ3) is 3.33. The van der Waals surface area contributed by atoms with E-state index >= 15 is 0 Å². The average molecular weight is 379 g/mol. The van der Waals surface area contributed by atoms with E-state index in [1.807, 2.05) is 41.3 Å². The van der Waals surface area contributed by atoms with E-state index in [0.717, 1.165) is 18.8 Å². The Morgan fingerprint density at radius 1 is 1.04 bits per heavy atom. The van der Waals surface area contributed by atoms with E-state index in [4.69, 9.17) is 0 Å². The Balaban J connectivity index is 1.64. The number of rotatable bonds is 4. The van der Waals surface area contributed by atoms with Crippen molar-refractivity contribution in [2.45, 2.75) is 26.4 Å². The lowest BCUT2D eigenvalue weighted by Gasteiger charge is -2.36. The highest BCUT2D eigenvalue weighted by Gasteiger charge is 2.24. The fourth-order valence-electron chi connectivity index (χ4n) is 3.77. The molecule has 0 bridgehead atoms. The second-order valence-corrected chi connectivity index (χ2v) is 7.40. The number of imidazole rings is 1. The van der Waals surface area contributed by atoms with Gasteiger partial charge in [-0.05, 0) is 38.1 Å². The predicted molar refractivity (Wildman–Crippen MR) is 109 cm³/mol. The molecule has 0 radical (unpaired) electrons. The van der Waals surface area contributed by atoms with Crippen LogP contribution in [0.5, 0.6) is 0 Å². The molecular weight excluding hydrogens is 354 g/mol. The van der Waals surface area contributed by atoms with Gasteiger partial charge in [0.15, 0.2) is 5.65 Å². The van der Waals surface area contributed by atoms with Gasteiger partial charge >= 0.3 is 5.69 Å². The maximum Gasteiger partial charge on any atom is 0.335 e. The van der Waals surface area contributed by atoms with E-state index in [1.54, 1.807) is 16.8 Å². The zero-order valence-corrected chi connectivity index (χ0v) is 16.3. The van der Waals surface area contributed by atoms with Crippen molar-refractivity contribution in [2.24, 2.45) is 0 Å². The molecule has 1 fully saturated rings. The number of aromatic nitrogens is 3. The summed E-state index contributed by atoms with van der Waals surface area (Å²) in [4.78, 5) is 34.7. The van der Waals surface area contributed by atoms with Crippen molar-refractivity contribution in [1.29, 1.82) is 0 Å². The summed E-state index contributed by atoms with van der Waals surface area (Å²) in [5, 5.41) is 0. The van der Waals surface area contributed by atoms with Crippen LogP contribution in [0.25, 0.3) is 16.9 Å². The smallest absolute Gasteiger partial charge is 0.335 e. The van der Waals surface area contributed by atoms with Crippen molar-refractivity contribution in [3.05, 3.63) is 59.1 Å². The first-order valence-electron chi connectivity index (χ1n) is 9.70. The highest BCUT2D eigenvalue weighted by atomic mass is 16.2. The number of nitrogens with zero attached hydrogens (tertiary/aromatic N) is 5. The van der Waals surface area contributed by atoms with E-state index in [-0.39, 0.29) is 18.1 Å². The third-order valence-electron chi connectivity index (χ3n) is 5.40. The van der Waals surface area contributed by atoms with Crippen LogP contribution >= 0.6 is 0 Å². The van der Waals surface area contributed by atoms with Gasteiger partial charge in [-0.2, -0.15) is 0 Å². The van der Waals surface area contributed by atoms with Crippen molar-refractivity contribution in [3.63, 3.8) is 0 Å². The second-order valence-electron chi connectivity index (χ2n) is 7.40. The monoisotopic (exact) mass is 379 g/mol. The summed E-state index contributed by atoms with van der Waals surface area (Å²) in [5.74, 6) is -0.0264. The minimum atomic E-state index is -0.242. The topological polar surface area (TPSA) is 63.4 Å². The predicted octanol–water partition coefficient (Wildman–Crippen LogP) is 1.74. The van der Waals surface area contributed by atoms with Gasteiger partial charge in [-0.1, -0.05) is 18.2 Å². The van der Waals surface area contributed by atoms with Crippen LogP contribution in [0.15, 0.2) is 53.5 Å². The number of hydrogen-bond donors (Lipinski definition) is 0. The lowest BCUT2D eigenvalue weighted by Crippen LogP contribution is -2.51. The molecule has 1 aromatic carbocycles. The molecule has 0 unspecified atom stereocenters. The molecule has 1 aliphatic heterocycles. The molecule has 0 atom stereocenters. The van der Waals surface area contributed by atoms with Crippen LogP contribution in [0, 0.1) is 0 Å². The summed E-state index contributed by atoms with van der Waals surface area (Å²) in [5.41, 5.74) is 1.74. The average Bonchev–Trinajstić information content (AvgIpc) is 3.00. The van der Waals surface area contributed by atoms with Crippen LogP contribution < -0.4 is 5.69 Å². The number of amides is 1. The van der Waals surface area contributed by atoms with Crippen LogP contribution in [0.4, 0.5) is 0 Å². The molecule has 1 aliphatic rings. The number of fused-ring (bicyclic) bond motifs is 1. The van der Waals surface area contributed by atoms with Crippen molar-refractivity contribution < 1.29 is 4.79 Å². The molecule has 3 aromatic rings. The van der Waals surface area contributed by atoms with Crippen molar-refractivity contribution in [3.8, 4) is 5.69 Å². The molecule has 3 heterocycles. The minimum absolute atomic E-state index is 0.0264. The molecule has 7 heteroatoms. The largest absolute Gasteiger partial charge is 0.339 e. The summed E-state index contributed by atoms with van der Waals surface area (Å²) < 4.78 is 3.10. The molecule has 1 amide bonds. The number of carbonyl (C=O) groups excluding carboxylic acids is 1. The summed E-state index contributed by atoms with van der Waals surface area (Å²) >= 11 is 0. The molecule has 2 aromatic heterocycles. The molecule has 0 N–H and O–H groups in total. The van der Waals surface area contributed by atoms with Crippen molar-refractivity contribution in [1.82, 2.24) is 23.9 Å². The number of carbonyl (C=O) groups is 1. The number of para-hydroxylation sites is 1. The van der Waals surface area contributed by atoms with Gasteiger partial charge in [-0.15, -0.1) is 0 Å². The Morgan fingerprint density at radius 3 is 2.43 bits per heavy atom. The highest BCUT2D eigenvalue weighted by Crippen LogP contribution is 2.16. The van der Waals surface area contributed by atoms with E-state index in [0.29, 0.717) is 30.3 Å². The number of hydrogen-bond acceptors (Lipinski definition) is 4. The SMILES string of the molecule is CC(C)N1CCN(C(=O)Cn2c(=O)n(-c3ccccc3)c3ncccc32)CC1. The molecule has 28 heavy (non-hydrogen) atoms. The Hall–Kier alpha value is -2.93. The van der Waals surface area contributed by atoms with Gasteiger partial charge in [0.05, 0.1) is 11.2 Å².